The number of hydrogen-bond donors (Lipinski definition) is 1. The summed E-state index contributed by atoms with van der Waals surface area (Å²) in [7, 11) is 0. The minimum Gasteiger partial charge on any atom is -0.377 e. The van der Waals surface area contributed by atoms with Crippen LogP contribution in [0.15, 0.2) is 12.4 Å². The molecule has 0 saturated heterocycles. The minimum absolute atomic E-state index is 0.0412. The minimum atomic E-state index is 0.0412. The number of aryl methyl sites for hydroxylation is 1. The smallest absolute Gasteiger partial charge is 0.0700 e. The van der Waals surface area contributed by atoms with E-state index >= 15 is 0 Å². The molecule has 0 aliphatic carbocycles. The van der Waals surface area contributed by atoms with E-state index in [1.165, 1.54) is 5.56 Å². The molecule has 0 fully saturated rings. The second-order valence-corrected chi connectivity index (χ2v) is 3.73. The largest absolute Gasteiger partial charge is 0.377 e. The van der Waals surface area contributed by atoms with Gasteiger partial charge in [0.1, 0.15) is 0 Å². The molecule has 0 spiro atoms. The molecule has 0 radical (unpaired) electrons. The van der Waals surface area contributed by atoms with Crippen molar-refractivity contribution < 1.29 is 4.74 Å². The number of ether oxygens (including phenoxy) is 1. The van der Waals surface area contributed by atoms with Crippen LogP contribution in [0.5, 0.6) is 0 Å². The predicted octanol–water partition coefficient (Wildman–Crippen LogP) is 1.20. The lowest BCUT2D eigenvalue weighted by Gasteiger charge is -2.18. The summed E-state index contributed by atoms with van der Waals surface area (Å²) in [6, 6.07) is 0.0412. The summed E-state index contributed by atoms with van der Waals surface area (Å²) < 4.78 is 7.37. The summed E-state index contributed by atoms with van der Waals surface area (Å²) in [5, 5.41) is 4.21. The molecule has 2 N–H and O–H groups in total. The number of hydrogen-bond acceptors (Lipinski definition) is 3. The van der Waals surface area contributed by atoms with Gasteiger partial charge in [-0.15, -0.1) is 0 Å². The Morgan fingerprint density at radius 3 is 2.80 bits per heavy atom. The molecule has 1 rings (SSSR count). The highest BCUT2D eigenvalue weighted by Crippen LogP contribution is 2.06. The Hall–Kier alpha value is -0.870. The second kappa shape index (κ2) is 5.88. The molecule has 2 atom stereocenters. The summed E-state index contributed by atoms with van der Waals surface area (Å²) in [6.07, 6.45) is 4.84. The van der Waals surface area contributed by atoms with E-state index in [0.29, 0.717) is 6.61 Å². The highest BCUT2D eigenvalue weighted by atomic mass is 16.5. The van der Waals surface area contributed by atoms with E-state index < -0.39 is 0 Å². The first-order valence-corrected chi connectivity index (χ1v) is 5.55. The number of aromatic nitrogens is 2. The zero-order chi connectivity index (χ0) is 11.3. The van der Waals surface area contributed by atoms with Crippen molar-refractivity contribution in [3.8, 4) is 0 Å². The Labute approximate surface area is 91.4 Å². The average Bonchev–Trinajstić information content (AvgIpc) is 2.66. The van der Waals surface area contributed by atoms with Gasteiger partial charge in [0.2, 0.25) is 0 Å². The van der Waals surface area contributed by atoms with E-state index in [9.17, 15) is 0 Å². The van der Waals surface area contributed by atoms with Crippen LogP contribution in [0.1, 0.15) is 26.3 Å². The Bertz CT molecular complexity index is 285. The van der Waals surface area contributed by atoms with E-state index in [-0.39, 0.29) is 12.1 Å². The van der Waals surface area contributed by atoms with Gasteiger partial charge in [0.05, 0.1) is 12.3 Å². The standard InChI is InChI=1S/C11H21N3O/c1-4-14-8-10(7-13-14)6-11(12)9(3)15-5-2/h7-9,11H,4-6,12H2,1-3H3. The van der Waals surface area contributed by atoms with Crippen LogP contribution in [0, 0.1) is 0 Å². The molecule has 0 aliphatic heterocycles. The van der Waals surface area contributed by atoms with E-state index in [1.54, 1.807) is 0 Å². The van der Waals surface area contributed by atoms with Gasteiger partial charge in [-0.1, -0.05) is 0 Å². The molecule has 0 aromatic carbocycles. The van der Waals surface area contributed by atoms with Crippen LogP contribution in [0.25, 0.3) is 0 Å². The topological polar surface area (TPSA) is 53.1 Å². The summed E-state index contributed by atoms with van der Waals surface area (Å²) in [5.74, 6) is 0. The third-order valence-corrected chi connectivity index (χ3v) is 2.51. The molecule has 86 valence electrons. The van der Waals surface area contributed by atoms with Crippen molar-refractivity contribution in [2.75, 3.05) is 6.61 Å². The normalized spacial score (nSPS) is 15.2. The summed E-state index contributed by atoms with van der Waals surface area (Å²) in [4.78, 5) is 0. The molecule has 2 unspecified atom stereocenters. The van der Waals surface area contributed by atoms with Crippen LogP contribution >= 0.6 is 0 Å². The second-order valence-electron chi connectivity index (χ2n) is 3.73. The fourth-order valence-corrected chi connectivity index (χ4v) is 1.51. The Morgan fingerprint density at radius 2 is 2.27 bits per heavy atom. The fourth-order valence-electron chi connectivity index (χ4n) is 1.51. The van der Waals surface area contributed by atoms with E-state index in [0.717, 1.165) is 13.0 Å². The molecule has 1 heterocycles. The van der Waals surface area contributed by atoms with Crippen LogP contribution in [0.4, 0.5) is 0 Å². The highest BCUT2D eigenvalue weighted by molar-refractivity contribution is 5.06. The van der Waals surface area contributed by atoms with Gasteiger partial charge in [-0.3, -0.25) is 4.68 Å². The van der Waals surface area contributed by atoms with Crippen LogP contribution in [0.2, 0.25) is 0 Å². The highest BCUT2D eigenvalue weighted by Gasteiger charge is 2.13. The number of nitrogens with two attached hydrogens (primary N) is 1. The van der Waals surface area contributed by atoms with Gasteiger partial charge in [0.25, 0.3) is 0 Å². The maximum absolute atomic E-state index is 6.02. The monoisotopic (exact) mass is 211 g/mol. The zero-order valence-electron chi connectivity index (χ0n) is 9.81. The van der Waals surface area contributed by atoms with E-state index in [4.69, 9.17) is 10.5 Å². The third-order valence-electron chi connectivity index (χ3n) is 2.51. The Morgan fingerprint density at radius 1 is 1.53 bits per heavy atom. The zero-order valence-corrected chi connectivity index (χ0v) is 9.81. The molecule has 4 nitrogen and oxygen atoms in total. The molecule has 4 heteroatoms. The lowest BCUT2D eigenvalue weighted by Crippen LogP contribution is -2.36. The van der Waals surface area contributed by atoms with Crippen molar-refractivity contribution in [2.45, 2.75) is 45.9 Å². The SMILES string of the molecule is CCOC(C)C(N)Cc1cnn(CC)c1. The molecule has 0 amide bonds. The quantitative estimate of drug-likeness (QED) is 0.769. The maximum atomic E-state index is 6.02. The Balaban J connectivity index is 2.46. The molecule has 0 aliphatic rings. The lowest BCUT2D eigenvalue weighted by molar-refractivity contribution is 0.0577. The van der Waals surface area contributed by atoms with Crippen molar-refractivity contribution >= 4 is 0 Å². The first-order chi connectivity index (χ1) is 7.17. The lowest BCUT2D eigenvalue weighted by atomic mass is 10.1. The van der Waals surface area contributed by atoms with E-state index in [1.807, 2.05) is 30.9 Å². The van der Waals surface area contributed by atoms with Crippen molar-refractivity contribution in [1.82, 2.24) is 9.78 Å². The average molecular weight is 211 g/mol. The summed E-state index contributed by atoms with van der Waals surface area (Å²) >= 11 is 0. The van der Waals surface area contributed by atoms with Gasteiger partial charge in [-0.05, 0) is 32.8 Å². The third kappa shape index (κ3) is 3.64. The predicted molar refractivity (Wildman–Crippen MR) is 60.7 cm³/mol. The van der Waals surface area contributed by atoms with Gasteiger partial charge in [-0.25, -0.2) is 0 Å². The molecule has 15 heavy (non-hydrogen) atoms. The van der Waals surface area contributed by atoms with Gasteiger partial charge >= 0.3 is 0 Å². The molecule has 0 saturated carbocycles. The van der Waals surface area contributed by atoms with Crippen molar-refractivity contribution in [2.24, 2.45) is 5.73 Å². The summed E-state index contributed by atoms with van der Waals surface area (Å²) in [6.45, 7) is 7.68. The van der Waals surface area contributed by atoms with Crippen LogP contribution in [-0.4, -0.2) is 28.5 Å². The number of nitrogens with zero attached hydrogens (tertiary/aromatic N) is 2. The molecular formula is C11H21N3O. The molecule has 1 aromatic heterocycles. The first kappa shape index (κ1) is 12.2. The van der Waals surface area contributed by atoms with Crippen LogP contribution in [0.3, 0.4) is 0 Å². The van der Waals surface area contributed by atoms with Crippen molar-refractivity contribution in [1.29, 1.82) is 0 Å². The Kier molecular flexibility index (Phi) is 4.78. The van der Waals surface area contributed by atoms with Crippen LogP contribution < -0.4 is 5.73 Å². The maximum Gasteiger partial charge on any atom is 0.0700 e. The van der Waals surface area contributed by atoms with Gasteiger partial charge in [-0.2, -0.15) is 5.10 Å². The van der Waals surface area contributed by atoms with Gasteiger partial charge in [0, 0.05) is 25.4 Å². The summed E-state index contributed by atoms with van der Waals surface area (Å²) in [5.41, 5.74) is 7.20. The molecule has 1 aromatic rings. The molecule has 0 bridgehead atoms. The van der Waals surface area contributed by atoms with Crippen molar-refractivity contribution in [3.63, 3.8) is 0 Å². The van der Waals surface area contributed by atoms with Gasteiger partial charge < -0.3 is 10.5 Å². The first-order valence-electron chi connectivity index (χ1n) is 5.55. The number of rotatable bonds is 6. The van der Waals surface area contributed by atoms with Crippen molar-refractivity contribution in [3.05, 3.63) is 18.0 Å². The van der Waals surface area contributed by atoms with Gasteiger partial charge in [0.15, 0.2) is 0 Å². The van der Waals surface area contributed by atoms with Crippen LogP contribution in [-0.2, 0) is 17.7 Å². The molecular weight excluding hydrogens is 190 g/mol. The fraction of sp³-hybridized carbons (Fsp3) is 0.727. The van der Waals surface area contributed by atoms with E-state index in [2.05, 4.69) is 12.0 Å².